The molecule has 1 aliphatic rings. The summed E-state index contributed by atoms with van der Waals surface area (Å²) < 4.78 is 15.0. The minimum absolute atomic E-state index is 0.119. The molecule has 8 heteroatoms. The number of carbonyl (C=O) groups is 1. The molecule has 0 aliphatic carbocycles. The topological polar surface area (TPSA) is 41.4 Å². The smallest absolute Gasteiger partial charge is 0.272 e. The summed E-state index contributed by atoms with van der Waals surface area (Å²) in [5.74, 6) is -0.446. The molecule has 0 saturated carbocycles. The van der Waals surface area contributed by atoms with Crippen LogP contribution in [0.25, 0.3) is 16.9 Å². The van der Waals surface area contributed by atoms with Crippen LogP contribution < -0.4 is 4.90 Å². The monoisotopic (exact) mass is 494 g/mol. The van der Waals surface area contributed by atoms with E-state index in [2.05, 4.69) is 10.00 Å². The van der Waals surface area contributed by atoms with Crippen LogP contribution in [0.3, 0.4) is 0 Å². The van der Waals surface area contributed by atoms with Gasteiger partial charge >= 0.3 is 0 Å². The molecule has 5 nitrogen and oxygen atoms in total. The average molecular weight is 495 g/mol. The molecular weight excluding hydrogens is 474 g/mol. The predicted octanol–water partition coefficient (Wildman–Crippen LogP) is 5.95. The molecule has 4 aromatic rings. The second kappa shape index (κ2) is 9.49. The second-order valence-corrected chi connectivity index (χ2v) is 8.95. The number of aromatic nitrogens is 2. The SMILES string of the molecule is O=C(c1cc(-c2ccc(F)cc2)nn1-c1cccc(Cl)c1)N1CCN(c2cccc(Cl)c2)CC1. The molecule has 34 heavy (non-hydrogen) atoms. The average Bonchev–Trinajstić information content (AvgIpc) is 3.30. The molecule has 0 unspecified atom stereocenters. The largest absolute Gasteiger partial charge is 0.368 e. The molecule has 0 N–H and O–H groups in total. The summed E-state index contributed by atoms with van der Waals surface area (Å²) in [5.41, 5.74) is 3.46. The van der Waals surface area contributed by atoms with Crippen LogP contribution in [0.2, 0.25) is 10.0 Å². The van der Waals surface area contributed by atoms with Crippen molar-refractivity contribution in [3.05, 3.63) is 100 Å². The minimum atomic E-state index is -0.327. The van der Waals surface area contributed by atoms with Crippen molar-refractivity contribution in [2.45, 2.75) is 0 Å². The fraction of sp³-hybridized carbons (Fsp3) is 0.154. The first kappa shape index (κ1) is 22.4. The van der Waals surface area contributed by atoms with Crippen molar-refractivity contribution in [2.24, 2.45) is 0 Å². The number of anilines is 1. The van der Waals surface area contributed by atoms with Gasteiger partial charge in [-0.2, -0.15) is 5.10 Å². The maximum absolute atomic E-state index is 13.6. The van der Waals surface area contributed by atoms with Crippen molar-refractivity contribution < 1.29 is 9.18 Å². The van der Waals surface area contributed by atoms with Crippen molar-refractivity contribution in [2.75, 3.05) is 31.1 Å². The lowest BCUT2D eigenvalue weighted by Crippen LogP contribution is -2.49. The number of nitrogens with zero attached hydrogens (tertiary/aromatic N) is 4. The molecule has 1 amide bonds. The zero-order chi connectivity index (χ0) is 23.7. The summed E-state index contributed by atoms with van der Waals surface area (Å²) in [5, 5.41) is 5.91. The van der Waals surface area contributed by atoms with Gasteiger partial charge in [0.25, 0.3) is 5.91 Å². The third kappa shape index (κ3) is 4.65. The molecule has 2 heterocycles. The predicted molar refractivity (Wildman–Crippen MR) is 134 cm³/mol. The Bertz CT molecular complexity index is 1330. The van der Waals surface area contributed by atoms with Gasteiger partial charge in [-0.1, -0.05) is 35.3 Å². The van der Waals surface area contributed by atoms with Gasteiger partial charge in [0.1, 0.15) is 11.5 Å². The highest BCUT2D eigenvalue weighted by atomic mass is 35.5. The standard InChI is InChI=1S/C26H21Cl2FN4O/c27-19-3-1-5-22(15-19)31-11-13-32(14-12-31)26(34)25-17-24(18-7-9-21(29)10-8-18)30-33(25)23-6-2-4-20(28)16-23/h1-10,15-17H,11-14H2. The molecule has 0 spiro atoms. The van der Waals surface area contributed by atoms with E-state index in [1.165, 1.54) is 12.1 Å². The number of amides is 1. The summed E-state index contributed by atoms with van der Waals surface area (Å²) in [6, 6.07) is 22.7. The Kier molecular flexibility index (Phi) is 6.26. The van der Waals surface area contributed by atoms with Gasteiger partial charge < -0.3 is 9.80 Å². The molecule has 1 aromatic heterocycles. The van der Waals surface area contributed by atoms with Crippen LogP contribution in [0, 0.1) is 5.82 Å². The van der Waals surface area contributed by atoms with E-state index in [-0.39, 0.29) is 11.7 Å². The van der Waals surface area contributed by atoms with E-state index < -0.39 is 0 Å². The van der Waals surface area contributed by atoms with Gasteiger partial charge in [0, 0.05) is 47.5 Å². The van der Waals surface area contributed by atoms with Crippen LogP contribution in [-0.2, 0) is 0 Å². The Morgan fingerprint density at radius 2 is 1.41 bits per heavy atom. The molecule has 172 valence electrons. The molecule has 1 aliphatic heterocycles. The summed E-state index contributed by atoms with van der Waals surface area (Å²) >= 11 is 12.3. The molecule has 1 saturated heterocycles. The van der Waals surface area contributed by atoms with Gasteiger partial charge in [-0.25, -0.2) is 9.07 Å². The van der Waals surface area contributed by atoms with Gasteiger partial charge in [-0.3, -0.25) is 4.79 Å². The lowest BCUT2D eigenvalue weighted by atomic mass is 10.1. The fourth-order valence-electron chi connectivity index (χ4n) is 4.10. The Morgan fingerprint density at radius 1 is 0.794 bits per heavy atom. The number of carbonyl (C=O) groups excluding carboxylic acids is 1. The summed E-state index contributed by atoms with van der Waals surface area (Å²) in [6.45, 7) is 2.53. The zero-order valence-electron chi connectivity index (χ0n) is 18.2. The zero-order valence-corrected chi connectivity index (χ0v) is 19.7. The van der Waals surface area contributed by atoms with Crippen LogP contribution in [0.1, 0.15) is 10.5 Å². The molecule has 1 fully saturated rings. The van der Waals surface area contributed by atoms with Crippen LogP contribution in [0.15, 0.2) is 78.9 Å². The van der Waals surface area contributed by atoms with Crippen LogP contribution in [0.4, 0.5) is 10.1 Å². The maximum atomic E-state index is 13.6. The third-order valence-electron chi connectivity index (χ3n) is 5.86. The Morgan fingerprint density at radius 3 is 2.06 bits per heavy atom. The number of rotatable bonds is 4. The molecular formula is C26H21Cl2FN4O. The number of halogens is 3. The van der Waals surface area contributed by atoms with Crippen LogP contribution >= 0.6 is 23.2 Å². The highest BCUT2D eigenvalue weighted by molar-refractivity contribution is 6.31. The van der Waals surface area contributed by atoms with E-state index in [4.69, 9.17) is 23.2 Å². The molecule has 0 bridgehead atoms. The van der Waals surface area contributed by atoms with Crippen molar-refractivity contribution >= 4 is 34.8 Å². The number of piperazine rings is 1. The van der Waals surface area contributed by atoms with Crippen LogP contribution in [-0.4, -0.2) is 46.8 Å². The third-order valence-corrected chi connectivity index (χ3v) is 6.33. The fourth-order valence-corrected chi connectivity index (χ4v) is 4.47. The molecule has 0 atom stereocenters. The van der Waals surface area contributed by atoms with Crippen molar-refractivity contribution in [1.82, 2.24) is 14.7 Å². The first-order chi connectivity index (χ1) is 16.5. The van der Waals surface area contributed by atoms with E-state index in [1.807, 2.05) is 41.3 Å². The Labute approximate surface area is 206 Å². The Hall–Kier alpha value is -3.35. The van der Waals surface area contributed by atoms with E-state index in [9.17, 15) is 9.18 Å². The van der Waals surface area contributed by atoms with E-state index in [0.29, 0.717) is 53.3 Å². The highest BCUT2D eigenvalue weighted by Gasteiger charge is 2.26. The van der Waals surface area contributed by atoms with Gasteiger partial charge in [0.05, 0.1) is 11.4 Å². The Balaban J connectivity index is 1.44. The molecule has 5 rings (SSSR count). The highest BCUT2D eigenvalue weighted by Crippen LogP contribution is 2.26. The van der Waals surface area contributed by atoms with Gasteiger partial charge in [-0.05, 0) is 66.7 Å². The molecule has 0 radical (unpaired) electrons. The quantitative estimate of drug-likeness (QED) is 0.352. The normalized spacial score (nSPS) is 13.9. The van der Waals surface area contributed by atoms with E-state index in [0.717, 1.165) is 11.3 Å². The van der Waals surface area contributed by atoms with E-state index in [1.54, 1.807) is 35.0 Å². The number of hydrogen-bond donors (Lipinski definition) is 0. The van der Waals surface area contributed by atoms with Crippen molar-refractivity contribution in [3.63, 3.8) is 0 Å². The van der Waals surface area contributed by atoms with E-state index >= 15 is 0 Å². The number of benzene rings is 3. The molecule has 3 aromatic carbocycles. The number of hydrogen-bond acceptors (Lipinski definition) is 3. The lowest BCUT2D eigenvalue weighted by Gasteiger charge is -2.36. The summed E-state index contributed by atoms with van der Waals surface area (Å²) in [4.78, 5) is 17.7. The first-order valence-corrected chi connectivity index (χ1v) is 11.7. The lowest BCUT2D eigenvalue weighted by molar-refractivity contribution is 0.0737. The second-order valence-electron chi connectivity index (χ2n) is 8.07. The minimum Gasteiger partial charge on any atom is -0.368 e. The summed E-state index contributed by atoms with van der Waals surface area (Å²) in [7, 11) is 0. The van der Waals surface area contributed by atoms with Gasteiger partial charge in [0.15, 0.2) is 0 Å². The van der Waals surface area contributed by atoms with Gasteiger partial charge in [-0.15, -0.1) is 0 Å². The maximum Gasteiger partial charge on any atom is 0.272 e. The summed E-state index contributed by atoms with van der Waals surface area (Å²) in [6.07, 6.45) is 0. The van der Waals surface area contributed by atoms with Crippen LogP contribution in [0.5, 0.6) is 0 Å². The first-order valence-electron chi connectivity index (χ1n) is 10.9. The van der Waals surface area contributed by atoms with Crippen molar-refractivity contribution in [1.29, 1.82) is 0 Å². The van der Waals surface area contributed by atoms with Crippen molar-refractivity contribution in [3.8, 4) is 16.9 Å². The van der Waals surface area contributed by atoms with Gasteiger partial charge in [0.2, 0.25) is 0 Å².